The van der Waals surface area contributed by atoms with Gasteiger partial charge in [-0.2, -0.15) is 0 Å². The molecule has 2 heterocycles. The minimum Gasteiger partial charge on any atom is -0.548 e. The SMILES string of the molecule is CCC(C(=O)[O-])N1C(=O)C=CC1=O.CCC(C(=O)[O-])N1C(=O)C=CC1=O.[K+].[K+]. The molecule has 2 aliphatic heterocycles. The van der Waals surface area contributed by atoms with E-state index >= 15 is 0 Å². The number of aliphatic carboxylic acids is 2. The molecule has 0 fully saturated rings. The molecule has 0 bridgehead atoms. The summed E-state index contributed by atoms with van der Waals surface area (Å²) in [5.74, 6) is -5.20. The molecule has 0 saturated heterocycles. The topological polar surface area (TPSA) is 155 Å². The van der Waals surface area contributed by atoms with Gasteiger partial charge in [-0.3, -0.25) is 29.0 Å². The number of imide groups is 2. The Kier molecular flexibility index (Phi) is 15.1. The number of rotatable bonds is 6. The number of carbonyl (C=O) groups is 6. The van der Waals surface area contributed by atoms with Crippen LogP contribution in [0.2, 0.25) is 0 Å². The first kappa shape index (κ1) is 30.2. The fourth-order valence-electron chi connectivity index (χ4n) is 2.35. The molecule has 0 spiro atoms. The maximum atomic E-state index is 11.0. The van der Waals surface area contributed by atoms with E-state index in [4.69, 9.17) is 0 Å². The molecule has 0 saturated carbocycles. The standard InChI is InChI=1S/2C8H9NO4.2K/c2*1-2-5(8(12)13)9-6(10)3-4-7(9)11;;/h2*3-5H,2H2,1H3,(H,12,13);;/q;;2*+1/p-2. The van der Waals surface area contributed by atoms with E-state index < -0.39 is 47.7 Å². The Labute approximate surface area is 246 Å². The van der Waals surface area contributed by atoms with E-state index in [1.165, 1.54) is 0 Å². The van der Waals surface area contributed by atoms with Crippen LogP contribution < -0.4 is 113 Å². The van der Waals surface area contributed by atoms with E-state index in [0.29, 0.717) is 9.80 Å². The average molecular weight is 443 g/mol. The van der Waals surface area contributed by atoms with Crippen LogP contribution in [0.15, 0.2) is 24.3 Å². The summed E-state index contributed by atoms with van der Waals surface area (Å²) in [6.07, 6.45) is 4.51. The summed E-state index contributed by atoms with van der Waals surface area (Å²) in [4.78, 5) is 66.5. The van der Waals surface area contributed by atoms with Crippen LogP contribution >= 0.6 is 0 Å². The Morgan fingerprint density at radius 2 is 0.929 bits per heavy atom. The molecular weight excluding hydrogens is 426 g/mol. The molecule has 12 heteroatoms. The van der Waals surface area contributed by atoms with Crippen LogP contribution in [0, 0.1) is 0 Å². The molecule has 0 N–H and O–H groups in total. The van der Waals surface area contributed by atoms with Gasteiger partial charge in [-0.25, -0.2) is 0 Å². The summed E-state index contributed by atoms with van der Waals surface area (Å²) in [7, 11) is 0. The van der Waals surface area contributed by atoms with Gasteiger partial charge in [-0.05, 0) is 12.8 Å². The molecule has 0 aromatic carbocycles. The summed E-state index contributed by atoms with van der Waals surface area (Å²) < 4.78 is 0. The summed E-state index contributed by atoms with van der Waals surface area (Å²) in [5, 5.41) is 21.0. The van der Waals surface area contributed by atoms with Gasteiger partial charge in [0.05, 0.1) is 24.0 Å². The van der Waals surface area contributed by atoms with Crippen LogP contribution in [0.4, 0.5) is 0 Å². The average Bonchev–Trinajstić information content (AvgIpc) is 3.06. The van der Waals surface area contributed by atoms with E-state index in [1.807, 2.05) is 0 Å². The van der Waals surface area contributed by atoms with E-state index in [0.717, 1.165) is 24.3 Å². The summed E-state index contributed by atoms with van der Waals surface area (Å²) in [5.41, 5.74) is 0. The fourth-order valence-corrected chi connectivity index (χ4v) is 2.35. The fraction of sp³-hybridized carbons (Fsp3) is 0.375. The molecular formula is C16H16K2N2O8. The quantitative estimate of drug-likeness (QED) is 0.290. The number of amides is 4. The van der Waals surface area contributed by atoms with Crippen molar-refractivity contribution in [2.75, 3.05) is 0 Å². The van der Waals surface area contributed by atoms with Gasteiger partial charge < -0.3 is 19.8 Å². The molecule has 2 atom stereocenters. The van der Waals surface area contributed by atoms with Crippen molar-refractivity contribution in [3.05, 3.63) is 24.3 Å². The third-order valence-corrected chi connectivity index (χ3v) is 3.63. The van der Waals surface area contributed by atoms with Gasteiger partial charge in [0.1, 0.15) is 0 Å². The normalized spacial score (nSPS) is 16.8. The van der Waals surface area contributed by atoms with Crippen molar-refractivity contribution < 1.29 is 142 Å². The van der Waals surface area contributed by atoms with E-state index in [1.54, 1.807) is 13.8 Å². The molecule has 2 aliphatic rings. The smallest absolute Gasteiger partial charge is 0.548 e. The third-order valence-electron chi connectivity index (χ3n) is 3.63. The van der Waals surface area contributed by atoms with Gasteiger partial charge in [0, 0.05) is 24.3 Å². The molecule has 140 valence electrons. The number of carboxylic acids is 2. The zero-order chi connectivity index (χ0) is 20.0. The van der Waals surface area contributed by atoms with Gasteiger partial charge >= 0.3 is 103 Å². The van der Waals surface area contributed by atoms with Crippen molar-refractivity contribution >= 4 is 35.6 Å². The molecule has 10 nitrogen and oxygen atoms in total. The molecule has 0 aliphatic carbocycles. The van der Waals surface area contributed by atoms with Crippen LogP contribution in [0.25, 0.3) is 0 Å². The summed E-state index contributed by atoms with van der Waals surface area (Å²) in [6, 6.07) is -2.31. The Hall–Kier alpha value is -0.0273. The molecule has 2 rings (SSSR count). The van der Waals surface area contributed by atoms with Crippen molar-refractivity contribution in [3.63, 3.8) is 0 Å². The molecule has 28 heavy (non-hydrogen) atoms. The Morgan fingerprint density at radius 1 is 0.714 bits per heavy atom. The van der Waals surface area contributed by atoms with Crippen LogP contribution in [0.1, 0.15) is 26.7 Å². The second kappa shape index (κ2) is 14.1. The maximum absolute atomic E-state index is 11.0. The monoisotopic (exact) mass is 442 g/mol. The molecule has 2 unspecified atom stereocenters. The van der Waals surface area contributed by atoms with E-state index in [9.17, 15) is 39.0 Å². The van der Waals surface area contributed by atoms with E-state index in [2.05, 4.69) is 0 Å². The maximum Gasteiger partial charge on any atom is 1.00 e. The van der Waals surface area contributed by atoms with Crippen molar-refractivity contribution in [2.45, 2.75) is 38.8 Å². The van der Waals surface area contributed by atoms with E-state index in [-0.39, 0.29) is 116 Å². The molecule has 4 amide bonds. The van der Waals surface area contributed by atoms with Gasteiger partial charge in [0.15, 0.2) is 0 Å². The van der Waals surface area contributed by atoms with Gasteiger partial charge in [-0.15, -0.1) is 0 Å². The van der Waals surface area contributed by atoms with Crippen molar-refractivity contribution in [3.8, 4) is 0 Å². The van der Waals surface area contributed by atoms with Crippen LogP contribution in [0.5, 0.6) is 0 Å². The zero-order valence-electron chi connectivity index (χ0n) is 16.0. The summed E-state index contributed by atoms with van der Waals surface area (Å²) >= 11 is 0. The van der Waals surface area contributed by atoms with Gasteiger partial charge in [-0.1, -0.05) is 13.8 Å². The van der Waals surface area contributed by atoms with Crippen LogP contribution in [-0.2, 0) is 28.8 Å². The van der Waals surface area contributed by atoms with Crippen LogP contribution in [-0.4, -0.2) is 57.5 Å². The number of hydrogen-bond donors (Lipinski definition) is 0. The Morgan fingerprint density at radius 3 is 1.07 bits per heavy atom. The number of nitrogens with zero attached hydrogens (tertiary/aromatic N) is 2. The second-order valence-electron chi connectivity index (χ2n) is 5.25. The van der Waals surface area contributed by atoms with Crippen molar-refractivity contribution in [2.24, 2.45) is 0 Å². The zero-order valence-corrected chi connectivity index (χ0v) is 22.3. The first-order chi connectivity index (χ1) is 12.1. The number of carbonyl (C=O) groups excluding carboxylic acids is 6. The molecule has 0 radical (unpaired) electrons. The molecule has 0 aromatic heterocycles. The number of carboxylic acid groups (broad SMARTS) is 2. The first-order valence-corrected chi connectivity index (χ1v) is 7.67. The molecule has 0 aromatic rings. The minimum absolute atomic E-state index is 0. The van der Waals surface area contributed by atoms with Crippen molar-refractivity contribution in [1.82, 2.24) is 9.80 Å². The minimum atomic E-state index is -1.41. The largest absolute Gasteiger partial charge is 1.00 e. The third kappa shape index (κ3) is 7.66. The van der Waals surface area contributed by atoms with Crippen molar-refractivity contribution in [1.29, 1.82) is 0 Å². The van der Waals surface area contributed by atoms with Crippen LogP contribution in [0.3, 0.4) is 0 Å². The number of hydrogen-bond acceptors (Lipinski definition) is 8. The Bertz CT molecular complexity index is 623. The summed E-state index contributed by atoms with van der Waals surface area (Å²) in [6.45, 7) is 3.14. The van der Waals surface area contributed by atoms with Gasteiger partial charge in [0.25, 0.3) is 23.6 Å². The second-order valence-corrected chi connectivity index (χ2v) is 5.25. The predicted molar refractivity (Wildman–Crippen MR) is 80.2 cm³/mol. The predicted octanol–water partition coefficient (Wildman–Crippen LogP) is -9.11. The van der Waals surface area contributed by atoms with Gasteiger partial charge in [0.2, 0.25) is 0 Å². The first-order valence-electron chi connectivity index (χ1n) is 7.67. The Balaban J connectivity index is 0.